The molecule has 2 fully saturated rings. The van der Waals surface area contributed by atoms with Gasteiger partial charge in [-0.15, -0.1) is 0 Å². The van der Waals surface area contributed by atoms with Gasteiger partial charge in [-0.2, -0.15) is 0 Å². The number of amides is 3. The third kappa shape index (κ3) is 5.08. The Hall–Kier alpha value is -1.85. The van der Waals surface area contributed by atoms with Gasteiger partial charge in [0.15, 0.2) is 0 Å². The van der Waals surface area contributed by atoms with Gasteiger partial charge in [0.05, 0.1) is 0 Å². The van der Waals surface area contributed by atoms with Crippen LogP contribution in [0.25, 0.3) is 0 Å². The molecule has 6 heteroatoms. The average Bonchev–Trinajstić information content (AvgIpc) is 2.90. The molecule has 2 rings (SSSR count). The highest BCUT2D eigenvalue weighted by atomic mass is 16.6. The molecule has 0 N–H and O–H groups in total. The Labute approximate surface area is 137 Å². The molecule has 2 aliphatic heterocycles. The van der Waals surface area contributed by atoms with Crippen molar-refractivity contribution in [3.8, 4) is 0 Å². The van der Waals surface area contributed by atoms with E-state index in [0.29, 0.717) is 26.1 Å². The average molecular weight is 322 g/mol. The van der Waals surface area contributed by atoms with E-state index in [9.17, 15) is 14.4 Å². The zero-order chi connectivity index (χ0) is 17.0. The van der Waals surface area contributed by atoms with Gasteiger partial charge in [-0.05, 0) is 52.0 Å². The molecule has 128 valence electrons. The molecule has 0 aliphatic carbocycles. The first-order valence-corrected chi connectivity index (χ1v) is 8.27. The number of hydrogen-bond donors (Lipinski definition) is 0. The van der Waals surface area contributed by atoms with Gasteiger partial charge in [-0.3, -0.25) is 14.5 Å². The molecule has 0 aromatic rings. The molecule has 0 saturated carbocycles. The SMILES string of the molecule is CC(C)(C)OC(=O)N1CCC(/C=C/C(=O)N2CCCC2=O)CC1. The van der Waals surface area contributed by atoms with Gasteiger partial charge in [0.1, 0.15) is 5.60 Å². The first kappa shape index (κ1) is 17.5. The third-order valence-electron chi connectivity index (χ3n) is 4.04. The number of rotatable bonds is 2. The van der Waals surface area contributed by atoms with Crippen molar-refractivity contribution in [3.05, 3.63) is 12.2 Å². The molecule has 0 spiro atoms. The molecule has 23 heavy (non-hydrogen) atoms. The summed E-state index contributed by atoms with van der Waals surface area (Å²) in [7, 11) is 0. The molecule has 2 saturated heterocycles. The number of allylic oxidation sites excluding steroid dienone is 1. The van der Waals surface area contributed by atoms with Crippen molar-refractivity contribution in [2.75, 3.05) is 19.6 Å². The van der Waals surface area contributed by atoms with Crippen LogP contribution >= 0.6 is 0 Å². The quantitative estimate of drug-likeness (QED) is 0.732. The summed E-state index contributed by atoms with van der Waals surface area (Å²) in [6.07, 6.45) is 5.94. The van der Waals surface area contributed by atoms with Crippen LogP contribution in [0.2, 0.25) is 0 Å². The van der Waals surface area contributed by atoms with Crippen molar-refractivity contribution < 1.29 is 19.1 Å². The fraction of sp³-hybridized carbons (Fsp3) is 0.706. The minimum atomic E-state index is -0.484. The van der Waals surface area contributed by atoms with E-state index in [-0.39, 0.29) is 23.8 Å². The van der Waals surface area contributed by atoms with E-state index in [2.05, 4.69) is 0 Å². The van der Waals surface area contributed by atoms with Crippen molar-refractivity contribution in [3.63, 3.8) is 0 Å². The summed E-state index contributed by atoms with van der Waals surface area (Å²) in [5, 5.41) is 0. The molecule has 0 aromatic heterocycles. The molecule has 3 amide bonds. The second kappa shape index (κ2) is 7.15. The second-order valence-electron chi connectivity index (χ2n) is 7.15. The fourth-order valence-electron chi connectivity index (χ4n) is 2.79. The Bertz CT molecular complexity index is 499. The Kier molecular flexibility index (Phi) is 5.44. The van der Waals surface area contributed by atoms with Gasteiger partial charge in [0.25, 0.3) is 5.91 Å². The molecule has 6 nitrogen and oxygen atoms in total. The van der Waals surface area contributed by atoms with Crippen LogP contribution in [0.15, 0.2) is 12.2 Å². The Morgan fingerprint density at radius 1 is 1.17 bits per heavy atom. The van der Waals surface area contributed by atoms with Crippen molar-refractivity contribution in [2.45, 2.75) is 52.1 Å². The highest BCUT2D eigenvalue weighted by Gasteiger charge is 2.27. The lowest BCUT2D eigenvalue weighted by Crippen LogP contribution is -2.41. The third-order valence-corrected chi connectivity index (χ3v) is 4.04. The maximum atomic E-state index is 12.0. The topological polar surface area (TPSA) is 66.9 Å². The van der Waals surface area contributed by atoms with Crippen LogP contribution in [-0.2, 0) is 14.3 Å². The number of carbonyl (C=O) groups is 3. The lowest BCUT2D eigenvalue weighted by Gasteiger charge is -2.32. The second-order valence-corrected chi connectivity index (χ2v) is 7.15. The lowest BCUT2D eigenvalue weighted by molar-refractivity contribution is -0.138. The van der Waals surface area contributed by atoms with Crippen LogP contribution in [0.1, 0.15) is 46.5 Å². The van der Waals surface area contributed by atoms with E-state index in [0.717, 1.165) is 19.3 Å². The van der Waals surface area contributed by atoms with E-state index >= 15 is 0 Å². The maximum Gasteiger partial charge on any atom is 0.410 e. The summed E-state index contributed by atoms with van der Waals surface area (Å²) in [5.41, 5.74) is -0.484. The van der Waals surface area contributed by atoms with Gasteiger partial charge in [-0.25, -0.2) is 4.79 Å². The van der Waals surface area contributed by atoms with Crippen LogP contribution in [0.5, 0.6) is 0 Å². The fourth-order valence-corrected chi connectivity index (χ4v) is 2.79. The Morgan fingerprint density at radius 3 is 2.35 bits per heavy atom. The smallest absolute Gasteiger partial charge is 0.410 e. The minimum Gasteiger partial charge on any atom is -0.444 e. The van der Waals surface area contributed by atoms with Gasteiger partial charge >= 0.3 is 6.09 Å². The molecule has 2 heterocycles. The minimum absolute atomic E-state index is 0.0839. The predicted octanol–water partition coefficient (Wildman–Crippen LogP) is 2.34. The first-order valence-electron chi connectivity index (χ1n) is 8.27. The van der Waals surface area contributed by atoms with Crippen LogP contribution in [0.4, 0.5) is 4.79 Å². The summed E-state index contributed by atoms with van der Waals surface area (Å²) in [4.78, 5) is 38.5. The Balaban J connectivity index is 1.78. The Morgan fingerprint density at radius 2 is 1.83 bits per heavy atom. The molecule has 0 bridgehead atoms. The summed E-state index contributed by atoms with van der Waals surface area (Å²) in [5.74, 6) is -0.0446. The number of piperidine rings is 1. The number of ether oxygens (including phenoxy) is 1. The summed E-state index contributed by atoms with van der Waals surface area (Å²) >= 11 is 0. The highest BCUT2D eigenvalue weighted by Crippen LogP contribution is 2.21. The standard InChI is InChI=1S/C17H26N2O4/c1-17(2,3)23-16(22)18-11-8-13(9-12-18)6-7-15(21)19-10-4-5-14(19)20/h6-7,13H,4-5,8-12H2,1-3H3/b7-6+. The zero-order valence-corrected chi connectivity index (χ0v) is 14.2. The van der Waals surface area contributed by atoms with Crippen molar-refractivity contribution in [1.82, 2.24) is 9.80 Å². The van der Waals surface area contributed by atoms with Crippen molar-refractivity contribution in [2.24, 2.45) is 5.92 Å². The van der Waals surface area contributed by atoms with Gasteiger partial charge in [-0.1, -0.05) is 6.08 Å². The molecule has 0 unspecified atom stereocenters. The largest absolute Gasteiger partial charge is 0.444 e. The highest BCUT2D eigenvalue weighted by molar-refractivity contribution is 6.01. The van der Waals surface area contributed by atoms with Crippen LogP contribution in [0.3, 0.4) is 0 Å². The molecule has 0 radical (unpaired) electrons. The van der Waals surface area contributed by atoms with E-state index in [1.807, 2.05) is 26.8 Å². The van der Waals surface area contributed by atoms with Gasteiger partial charge in [0, 0.05) is 26.1 Å². The molecular weight excluding hydrogens is 296 g/mol. The number of imide groups is 1. The van der Waals surface area contributed by atoms with Crippen LogP contribution in [-0.4, -0.2) is 52.9 Å². The summed E-state index contributed by atoms with van der Waals surface area (Å²) in [6, 6.07) is 0. The number of carbonyl (C=O) groups excluding carboxylic acids is 3. The van der Waals surface area contributed by atoms with Crippen LogP contribution < -0.4 is 0 Å². The van der Waals surface area contributed by atoms with E-state index in [1.165, 1.54) is 11.0 Å². The van der Waals surface area contributed by atoms with Gasteiger partial charge in [0.2, 0.25) is 5.91 Å². The molecular formula is C17H26N2O4. The van der Waals surface area contributed by atoms with Crippen molar-refractivity contribution in [1.29, 1.82) is 0 Å². The summed E-state index contributed by atoms with van der Waals surface area (Å²) in [6.45, 7) is 7.34. The monoisotopic (exact) mass is 322 g/mol. The summed E-state index contributed by atoms with van der Waals surface area (Å²) < 4.78 is 5.36. The molecule has 0 atom stereocenters. The van der Waals surface area contributed by atoms with Crippen molar-refractivity contribution >= 4 is 17.9 Å². The normalized spacial score (nSPS) is 20.4. The van der Waals surface area contributed by atoms with E-state index < -0.39 is 5.60 Å². The number of hydrogen-bond acceptors (Lipinski definition) is 4. The maximum absolute atomic E-state index is 12.0. The van der Waals surface area contributed by atoms with Crippen LogP contribution in [0, 0.1) is 5.92 Å². The lowest BCUT2D eigenvalue weighted by atomic mass is 9.96. The van der Waals surface area contributed by atoms with E-state index in [4.69, 9.17) is 4.74 Å². The number of likely N-dealkylation sites (tertiary alicyclic amines) is 2. The number of nitrogens with zero attached hydrogens (tertiary/aromatic N) is 2. The zero-order valence-electron chi connectivity index (χ0n) is 14.2. The van der Waals surface area contributed by atoms with Gasteiger partial charge < -0.3 is 9.64 Å². The molecule has 0 aromatic carbocycles. The first-order chi connectivity index (χ1) is 10.8. The molecule has 2 aliphatic rings. The predicted molar refractivity (Wildman–Crippen MR) is 85.6 cm³/mol. The van der Waals surface area contributed by atoms with E-state index in [1.54, 1.807) is 4.90 Å².